The van der Waals surface area contributed by atoms with Crippen molar-refractivity contribution in [3.63, 3.8) is 0 Å². The van der Waals surface area contributed by atoms with Crippen LogP contribution in [0.5, 0.6) is 5.75 Å². The Morgan fingerprint density at radius 2 is 1.69 bits per heavy atom. The normalized spacial score (nSPS) is 25.8. The molecule has 2 aromatic carbocycles. The van der Waals surface area contributed by atoms with Crippen molar-refractivity contribution in [1.29, 1.82) is 0 Å². The number of hydrogen-bond donors (Lipinski definition) is 5. The number of phenolic OH excluding ortho intramolecular Hbond substituents is 1. The molecule has 1 fully saturated rings. The Morgan fingerprint density at radius 1 is 1.05 bits per heavy atom. The molecule has 42 heavy (non-hydrogen) atoms. The average Bonchev–Trinajstić information content (AvgIpc) is 2.89. The number of phenols is 1. The second-order valence-corrected chi connectivity index (χ2v) is 11.3. The summed E-state index contributed by atoms with van der Waals surface area (Å²) in [6.07, 6.45) is -3.67. The molecule has 3 aliphatic carbocycles. The molecule has 2 aromatic rings. The number of nitrogens with zero attached hydrogens (tertiary/aromatic N) is 1. The molecule has 222 valence electrons. The second kappa shape index (κ2) is 9.99. The molecule has 0 heterocycles. The fourth-order valence-corrected chi connectivity index (χ4v) is 6.68. The van der Waals surface area contributed by atoms with Gasteiger partial charge in [0.2, 0.25) is 5.78 Å². The van der Waals surface area contributed by atoms with Crippen molar-refractivity contribution in [3.05, 3.63) is 81.1 Å². The van der Waals surface area contributed by atoms with E-state index >= 15 is 0 Å². The van der Waals surface area contributed by atoms with Gasteiger partial charge in [-0.2, -0.15) is 13.2 Å². The van der Waals surface area contributed by atoms with Gasteiger partial charge in [0.1, 0.15) is 22.8 Å². The van der Waals surface area contributed by atoms with E-state index in [0.29, 0.717) is 29.5 Å². The summed E-state index contributed by atoms with van der Waals surface area (Å²) in [5.74, 6) is -7.25. The number of hydrogen-bond acceptors (Lipinski definition) is 8. The summed E-state index contributed by atoms with van der Waals surface area (Å²) in [6.45, 7) is 0. The van der Waals surface area contributed by atoms with Crippen molar-refractivity contribution in [1.82, 2.24) is 4.90 Å². The number of nitrogens with two attached hydrogens (primary N) is 1. The molecule has 1 amide bonds. The average molecular weight is 587 g/mol. The molecule has 0 spiro atoms. The van der Waals surface area contributed by atoms with Gasteiger partial charge in [-0.3, -0.25) is 19.3 Å². The van der Waals surface area contributed by atoms with E-state index < -0.39 is 69.8 Å². The third-order valence-corrected chi connectivity index (χ3v) is 8.67. The van der Waals surface area contributed by atoms with Gasteiger partial charge in [-0.1, -0.05) is 18.2 Å². The van der Waals surface area contributed by atoms with Gasteiger partial charge >= 0.3 is 6.18 Å². The van der Waals surface area contributed by atoms with Crippen LogP contribution in [0.1, 0.15) is 34.2 Å². The fraction of sp³-hybridized carbons (Fsp3) is 0.367. The van der Waals surface area contributed by atoms with Crippen molar-refractivity contribution in [2.45, 2.75) is 43.5 Å². The van der Waals surface area contributed by atoms with Gasteiger partial charge in [0.25, 0.3) is 5.91 Å². The first-order valence-electron chi connectivity index (χ1n) is 13.2. The van der Waals surface area contributed by atoms with Gasteiger partial charge in [0.05, 0.1) is 17.2 Å². The van der Waals surface area contributed by atoms with E-state index in [9.17, 15) is 48.0 Å². The van der Waals surface area contributed by atoms with Gasteiger partial charge < -0.3 is 26.2 Å². The van der Waals surface area contributed by atoms with E-state index in [1.54, 1.807) is 6.07 Å². The Hall–Kier alpha value is -4.16. The summed E-state index contributed by atoms with van der Waals surface area (Å²) in [5.41, 5.74) is 2.52. The van der Waals surface area contributed by atoms with E-state index in [-0.39, 0.29) is 29.7 Å². The largest absolute Gasteiger partial charge is 0.508 e. The van der Waals surface area contributed by atoms with Crippen LogP contribution in [0.15, 0.2) is 53.3 Å². The van der Waals surface area contributed by atoms with Gasteiger partial charge in [0.15, 0.2) is 11.4 Å². The Balaban J connectivity index is 1.56. The Labute approximate surface area is 238 Å². The molecule has 9 nitrogen and oxygen atoms in total. The minimum atomic E-state index is -4.46. The van der Waals surface area contributed by atoms with Gasteiger partial charge in [-0.15, -0.1) is 0 Å². The number of Topliss-reactive ketones (excluding diaryl/α,β-unsaturated/α-hetero) is 2. The molecule has 0 saturated heterocycles. The van der Waals surface area contributed by atoms with Crippen LogP contribution in [0.25, 0.3) is 5.76 Å². The van der Waals surface area contributed by atoms with Crippen LogP contribution in [-0.4, -0.2) is 68.5 Å². The lowest BCUT2D eigenvalue weighted by Gasteiger charge is -2.50. The highest BCUT2D eigenvalue weighted by Gasteiger charge is 2.64. The number of ketones is 2. The smallest absolute Gasteiger partial charge is 0.416 e. The number of carbonyl (C=O) groups is 3. The summed E-state index contributed by atoms with van der Waals surface area (Å²) in [6, 6.07) is 6.53. The summed E-state index contributed by atoms with van der Waals surface area (Å²) >= 11 is 0. The van der Waals surface area contributed by atoms with E-state index in [4.69, 9.17) is 5.73 Å². The molecule has 6 N–H and O–H groups in total. The minimum absolute atomic E-state index is 0.0313. The number of aliphatic hydroxyl groups excluding tert-OH is 2. The molecule has 5 rings (SSSR count). The van der Waals surface area contributed by atoms with Crippen molar-refractivity contribution in [2.75, 3.05) is 14.1 Å². The van der Waals surface area contributed by atoms with Crippen LogP contribution in [0.3, 0.4) is 0 Å². The summed E-state index contributed by atoms with van der Waals surface area (Å²) in [7, 11) is 3.04. The fourth-order valence-electron chi connectivity index (χ4n) is 6.68. The number of carbonyl (C=O) groups excluding carboxylic acids is 3. The number of likely N-dealkylation sites (N-methyl/N-ethyl adjacent to an activating group) is 1. The lowest BCUT2D eigenvalue weighted by atomic mass is 9.57. The zero-order valence-electron chi connectivity index (χ0n) is 22.7. The van der Waals surface area contributed by atoms with Crippen molar-refractivity contribution < 1.29 is 48.0 Å². The highest BCUT2D eigenvalue weighted by molar-refractivity contribution is 6.24. The third-order valence-electron chi connectivity index (χ3n) is 8.67. The maximum absolute atomic E-state index is 13.9. The van der Waals surface area contributed by atoms with Crippen LogP contribution < -0.4 is 5.73 Å². The molecule has 0 aromatic heterocycles. The molecule has 12 heteroatoms. The number of aryl methyl sites for hydroxylation is 2. The minimum Gasteiger partial charge on any atom is -0.508 e. The number of alkyl halides is 3. The van der Waals surface area contributed by atoms with E-state index in [2.05, 4.69) is 0 Å². The molecular formula is C30H29F3N2O7. The molecule has 0 aliphatic heterocycles. The number of aliphatic hydroxyl groups is 3. The topological polar surface area (TPSA) is 161 Å². The number of halogens is 3. The number of benzene rings is 2. The highest BCUT2D eigenvalue weighted by atomic mass is 19.4. The number of fused-ring (bicyclic) bond motifs is 3. The number of amides is 1. The third kappa shape index (κ3) is 4.36. The number of rotatable bonds is 5. The quantitative estimate of drug-likeness (QED) is 0.334. The zero-order chi connectivity index (χ0) is 30.9. The highest BCUT2D eigenvalue weighted by Crippen LogP contribution is 2.53. The lowest BCUT2D eigenvalue weighted by molar-refractivity contribution is -0.153. The molecule has 0 bridgehead atoms. The summed E-state index contributed by atoms with van der Waals surface area (Å²) in [4.78, 5) is 40.6. The first-order valence-corrected chi connectivity index (χ1v) is 13.2. The summed E-state index contributed by atoms with van der Waals surface area (Å²) < 4.78 is 38.8. The zero-order valence-corrected chi connectivity index (χ0v) is 22.7. The van der Waals surface area contributed by atoms with Gasteiger partial charge in [0, 0.05) is 11.5 Å². The Morgan fingerprint density at radius 3 is 2.26 bits per heavy atom. The number of primary amides is 1. The Bertz CT molecular complexity index is 1580. The molecule has 3 aliphatic rings. The Kier molecular flexibility index (Phi) is 6.97. The first kappa shape index (κ1) is 29.3. The van der Waals surface area contributed by atoms with Gasteiger partial charge in [-0.25, -0.2) is 0 Å². The van der Waals surface area contributed by atoms with Crippen LogP contribution in [0.4, 0.5) is 13.2 Å². The number of aromatic hydroxyl groups is 1. The van der Waals surface area contributed by atoms with Crippen LogP contribution in [0, 0.1) is 11.8 Å². The van der Waals surface area contributed by atoms with Crippen molar-refractivity contribution in [2.24, 2.45) is 17.6 Å². The van der Waals surface area contributed by atoms with Gasteiger partial charge in [-0.05, 0) is 80.6 Å². The maximum Gasteiger partial charge on any atom is 0.416 e. The standard InChI is InChI=1S/C30H29F3N2O7/c1-35(2)23-18-12-15-11-17-14(6-3-13-4-8-16(9-5-13)30(31,32)33)7-10-19(36)21(17)24(37)20(15)26(39)29(18,42)27(40)22(25(23)38)28(34)41/h4-5,7-10,15,18,23,36-37,40,42H,3,6,11-12H2,1-2H3,(H2,34,41). The molecule has 1 saturated carbocycles. The first-order chi connectivity index (χ1) is 19.6. The van der Waals surface area contributed by atoms with E-state index in [0.717, 1.165) is 12.1 Å². The van der Waals surface area contributed by atoms with Crippen molar-refractivity contribution in [3.8, 4) is 5.75 Å². The maximum atomic E-state index is 13.9. The van der Waals surface area contributed by atoms with Crippen LogP contribution in [0.2, 0.25) is 0 Å². The molecule has 4 atom stereocenters. The summed E-state index contributed by atoms with van der Waals surface area (Å²) in [5, 5.41) is 44.6. The monoisotopic (exact) mass is 586 g/mol. The molecule has 4 unspecified atom stereocenters. The predicted octanol–water partition coefficient (Wildman–Crippen LogP) is 2.77. The van der Waals surface area contributed by atoms with E-state index in [1.165, 1.54) is 37.2 Å². The lowest BCUT2D eigenvalue weighted by Crippen LogP contribution is -2.65. The van der Waals surface area contributed by atoms with E-state index in [1.807, 2.05) is 0 Å². The molecular weight excluding hydrogens is 557 g/mol. The van der Waals surface area contributed by atoms with Crippen molar-refractivity contribution >= 4 is 23.2 Å². The van der Waals surface area contributed by atoms with Crippen LogP contribution >= 0.6 is 0 Å². The molecule has 0 radical (unpaired) electrons. The predicted molar refractivity (Wildman–Crippen MR) is 143 cm³/mol. The van der Waals surface area contributed by atoms with Crippen LogP contribution in [-0.2, 0) is 39.8 Å². The SMILES string of the molecule is CN(C)C1C(=O)C(C(N)=O)=C(O)C2(O)C(=O)C3=C(O)c4c(O)ccc(CCc5ccc(C(F)(F)F)cc5)c4CC3CC12. The second-order valence-electron chi connectivity index (χ2n) is 11.3.